The van der Waals surface area contributed by atoms with Gasteiger partial charge >= 0.3 is 0 Å². The molecule has 3 rings (SSSR count). The number of likely N-dealkylation sites (tertiary alicyclic amines) is 1. The van der Waals surface area contributed by atoms with Crippen molar-refractivity contribution in [3.63, 3.8) is 0 Å². The van der Waals surface area contributed by atoms with E-state index < -0.39 is 0 Å². The first-order valence-electron chi connectivity index (χ1n) is 10.9. The van der Waals surface area contributed by atoms with Gasteiger partial charge < -0.3 is 20.3 Å². The second-order valence-corrected chi connectivity index (χ2v) is 7.90. The molecule has 0 bridgehead atoms. The van der Waals surface area contributed by atoms with Gasteiger partial charge in [0.15, 0.2) is 11.8 Å². The maximum atomic E-state index is 5.14. The maximum absolute atomic E-state index is 5.14. The van der Waals surface area contributed by atoms with Gasteiger partial charge in [-0.3, -0.25) is 4.99 Å². The maximum Gasteiger partial charge on any atom is 0.191 e. The number of aliphatic imine (C=N–C) groups is 1. The highest BCUT2D eigenvalue weighted by molar-refractivity contribution is 5.79. The Hall–Kier alpha value is -1.67. The van der Waals surface area contributed by atoms with Crippen LogP contribution in [0.2, 0.25) is 0 Å². The second-order valence-electron chi connectivity index (χ2n) is 7.90. The van der Waals surface area contributed by atoms with Crippen molar-refractivity contribution in [3.8, 4) is 0 Å². The Morgan fingerprint density at radius 3 is 2.86 bits per heavy atom. The van der Waals surface area contributed by atoms with E-state index in [0.29, 0.717) is 12.6 Å². The summed E-state index contributed by atoms with van der Waals surface area (Å²) in [6, 6.07) is 0.329. The fraction of sp³-hybridized carbons (Fsp3) is 0.850. The number of aryl methyl sites for hydroxylation is 1. The SMILES string of the molecule is CN=C(NCCCCCN1CCCCC1)NC1CCc2nc(COC)nn2C1. The normalized spacial score (nSPS) is 20.8. The molecule has 0 amide bonds. The molecule has 0 aliphatic carbocycles. The first kappa shape index (κ1) is 21.0. The van der Waals surface area contributed by atoms with Gasteiger partial charge in [0, 0.05) is 33.2 Å². The molecule has 1 unspecified atom stereocenters. The average molecular weight is 392 g/mol. The molecule has 0 saturated carbocycles. The van der Waals surface area contributed by atoms with Crippen LogP contribution in [-0.2, 0) is 24.3 Å². The van der Waals surface area contributed by atoms with Crippen LogP contribution in [0.25, 0.3) is 0 Å². The van der Waals surface area contributed by atoms with Gasteiger partial charge in [-0.25, -0.2) is 9.67 Å². The first-order valence-corrected chi connectivity index (χ1v) is 10.9. The third-order valence-electron chi connectivity index (χ3n) is 5.63. The smallest absolute Gasteiger partial charge is 0.191 e. The predicted octanol–water partition coefficient (Wildman–Crippen LogP) is 1.56. The van der Waals surface area contributed by atoms with Crippen molar-refractivity contribution in [1.82, 2.24) is 30.3 Å². The standard InChI is InChI=1S/C20H37N7O/c1-21-20(22-11-5-3-6-12-26-13-7-4-8-14-26)23-17-9-10-19-24-18(16-28-2)25-27(19)15-17/h17H,3-16H2,1-2H3,(H2,21,22,23). The lowest BCUT2D eigenvalue weighted by Gasteiger charge is -2.26. The summed E-state index contributed by atoms with van der Waals surface area (Å²) < 4.78 is 7.14. The summed E-state index contributed by atoms with van der Waals surface area (Å²) in [6.07, 6.45) is 9.92. The fourth-order valence-electron chi connectivity index (χ4n) is 4.08. The monoisotopic (exact) mass is 391 g/mol. The molecule has 0 radical (unpaired) electrons. The lowest BCUT2D eigenvalue weighted by molar-refractivity contribution is 0.177. The molecule has 158 valence electrons. The first-order chi connectivity index (χ1) is 13.8. The number of rotatable bonds is 9. The van der Waals surface area contributed by atoms with Crippen LogP contribution in [-0.4, -0.2) is 72.0 Å². The number of hydrogen-bond acceptors (Lipinski definition) is 5. The molecule has 2 aliphatic rings. The number of unbranched alkanes of at least 4 members (excludes halogenated alkanes) is 2. The van der Waals surface area contributed by atoms with Crippen molar-refractivity contribution < 1.29 is 4.74 Å². The fourth-order valence-corrected chi connectivity index (χ4v) is 4.08. The minimum Gasteiger partial charge on any atom is -0.377 e. The van der Waals surface area contributed by atoms with Crippen LogP contribution in [0.4, 0.5) is 0 Å². The van der Waals surface area contributed by atoms with Gasteiger partial charge in [-0.05, 0) is 51.7 Å². The molecule has 28 heavy (non-hydrogen) atoms. The van der Waals surface area contributed by atoms with Crippen LogP contribution in [0, 0.1) is 0 Å². The van der Waals surface area contributed by atoms with E-state index in [1.807, 2.05) is 11.7 Å². The Bertz CT molecular complexity index is 610. The molecule has 1 saturated heterocycles. The van der Waals surface area contributed by atoms with E-state index in [9.17, 15) is 0 Å². The van der Waals surface area contributed by atoms with Crippen LogP contribution in [0.1, 0.15) is 56.6 Å². The van der Waals surface area contributed by atoms with Crippen LogP contribution in [0.5, 0.6) is 0 Å². The second kappa shape index (κ2) is 11.4. The van der Waals surface area contributed by atoms with Gasteiger partial charge in [0.25, 0.3) is 0 Å². The quantitative estimate of drug-likeness (QED) is 0.378. The molecule has 0 spiro atoms. The van der Waals surface area contributed by atoms with E-state index in [4.69, 9.17) is 4.74 Å². The molecule has 8 heteroatoms. The van der Waals surface area contributed by atoms with E-state index in [1.165, 1.54) is 58.2 Å². The van der Waals surface area contributed by atoms with Crippen molar-refractivity contribution in [2.75, 3.05) is 40.3 Å². The minimum absolute atomic E-state index is 0.329. The van der Waals surface area contributed by atoms with Crippen LogP contribution in [0.3, 0.4) is 0 Å². The molecule has 3 heterocycles. The zero-order chi connectivity index (χ0) is 19.6. The van der Waals surface area contributed by atoms with Gasteiger partial charge in [0.2, 0.25) is 0 Å². The van der Waals surface area contributed by atoms with Crippen molar-refractivity contribution in [1.29, 1.82) is 0 Å². The van der Waals surface area contributed by atoms with Crippen molar-refractivity contribution >= 4 is 5.96 Å². The van der Waals surface area contributed by atoms with Gasteiger partial charge in [-0.1, -0.05) is 12.8 Å². The molecule has 1 aromatic heterocycles. The van der Waals surface area contributed by atoms with E-state index in [2.05, 4.69) is 30.6 Å². The van der Waals surface area contributed by atoms with E-state index in [1.54, 1.807) is 7.11 Å². The van der Waals surface area contributed by atoms with Crippen molar-refractivity contribution in [2.45, 2.75) is 70.6 Å². The molecular weight excluding hydrogens is 354 g/mol. The van der Waals surface area contributed by atoms with Crippen LogP contribution >= 0.6 is 0 Å². The number of ether oxygens (including phenoxy) is 1. The minimum atomic E-state index is 0.329. The molecule has 1 atom stereocenters. The zero-order valence-corrected chi connectivity index (χ0v) is 17.6. The Morgan fingerprint density at radius 1 is 1.21 bits per heavy atom. The Kier molecular flexibility index (Phi) is 8.54. The van der Waals surface area contributed by atoms with E-state index in [0.717, 1.165) is 43.5 Å². The highest BCUT2D eigenvalue weighted by Crippen LogP contribution is 2.13. The lowest BCUT2D eigenvalue weighted by Crippen LogP contribution is -2.47. The molecule has 8 nitrogen and oxygen atoms in total. The number of methoxy groups -OCH3 is 1. The topological polar surface area (TPSA) is 79.6 Å². The number of nitrogens with zero attached hydrogens (tertiary/aromatic N) is 5. The summed E-state index contributed by atoms with van der Waals surface area (Å²) in [5.74, 6) is 2.72. The van der Waals surface area contributed by atoms with Crippen LogP contribution in [0.15, 0.2) is 4.99 Å². The van der Waals surface area contributed by atoms with Gasteiger partial charge in [0.1, 0.15) is 12.4 Å². The lowest BCUT2D eigenvalue weighted by atomic mass is 10.1. The average Bonchev–Trinajstić information content (AvgIpc) is 3.12. The number of aromatic nitrogens is 3. The summed E-state index contributed by atoms with van der Waals surface area (Å²) >= 11 is 0. The number of nitrogens with one attached hydrogen (secondary N) is 2. The zero-order valence-electron chi connectivity index (χ0n) is 17.6. The Balaban J connectivity index is 1.31. The Labute approximate surface area is 169 Å². The van der Waals surface area contributed by atoms with Gasteiger partial charge in [-0.2, -0.15) is 5.10 Å². The number of fused-ring (bicyclic) bond motifs is 1. The summed E-state index contributed by atoms with van der Waals surface area (Å²) in [6.45, 7) is 6.13. The summed E-state index contributed by atoms with van der Waals surface area (Å²) in [7, 11) is 3.51. The van der Waals surface area contributed by atoms with Crippen molar-refractivity contribution in [2.24, 2.45) is 4.99 Å². The van der Waals surface area contributed by atoms with Crippen molar-refractivity contribution in [3.05, 3.63) is 11.6 Å². The molecule has 2 N–H and O–H groups in total. The highest BCUT2D eigenvalue weighted by Gasteiger charge is 2.22. The summed E-state index contributed by atoms with van der Waals surface area (Å²) in [4.78, 5) is 11.5. The summed E-state index contributed by atoms with van der Waals surface area (Å²) in [5, 5.41) is 11.5. The molecule has 1 aromatic rings. The molecule has 0 aromatic carbocycles. The van der Waals surface area contributed by atoms with Crippen LogP contribution < -0.4 is 10.6 Å². The predicted molar refractivity (Wildman–Crippen MR) is 111 cm³/mol. The number of hydrogen-bond donors (Lipinski definition) is 2. The number of guanidine groups is 1. The highest BCUT2D eigenvalue weighted by atomic mass is 16.5. The Morgan fingerprint density at radius 2 is 2.07 bits per heavy atom. The van der Waals surface area contributed by atoms with E-state index >= 15 is 0 Å². The molecule has 1 fully saturated rings. The third-order valence-corrected chi connectivity index (χ3v) is 5.63. The van der Waals surface area contributed by atoms with Gasteiger partial charge in [0.05, 0.1) is 6.54 Å². The number of piperidine rings is 1. The molecule has 2 aliphatic heterocycles. The largest absolute Gasteiger partial charge is 0.377 e. The molecular formula is C20H37N7O. The van der Waals surface area contributed by atoms with E-state index in [-0.39, 0.29) is 0 Å². The third kappa shape index (κ3) is 6.44. The van der Waals surface area contributed by atoms with Gasteiger partial charge in [-0.15, -0.1) is 0 Å². The summed E-state index contributed by atoms with van der Waals surface area (Å²) in [5.41, 5.74) is 0.